The van der Waals surface area contributed by atoms with Crippen LogP contribution in [0.4, 0.5) is 0 Å². The van der Waals surface area contributed by atoms with Gasteiger partial charge >= 0.3 is 0 Å². The van der Waals surface area contributed by atoms with Gasteiger partial charge in [-0.3, -0.25) is 0 Å². The number of benzene rings is 13. The molecular formula is C66H42. The molecule has 0 spiro atoms. The van der Waals surface area contributed by atoms with Gasteiger partial charge in [0, 0.05) is 0 Å². The lowest BCUT2D eigenvalue weighted by Crippen LogP contribution is -1.95. The van der Waals surface area contributed by atoms with Gasteiger partial charge in [-0.15, -0.1) is 0 Å². The molecule has 0 saturated carbocycles. The van der Waals surface area contributed by atoms with Crippen LogP contribution in [0.5, 0.6) is 0 Å². The summed E-state index contributed by atoms with van der Waals surface area (Å²) in [5.74, 6) is 0. The molecule has 0 aliphatic heterocycles. The zero-order chi connectivity index (χ0) is 43.6. The Morgan fingerprint density at radius 3 is 0.939 bits per heavy atom. The molecule has 0 amide bonds. The van der Waals surface area contributed by atoms with Gasteiger partial charge < -0.3 is 0 Å². The zero-order valence-corrected chi connectivity index (χ0v) is 36.2. The van der Waals surface area contributed by atoms with Crippen molar-refractivity contribution in [3.63, 3.8) is 0 Å². The fourth-order valence-electron chi connectivity index (χ4n) is 11.0. The SMILES string of the molecule is c1ccc(-c2c3ccccc3c(-c3ccc(-c4ccccc4-c4cc5ccccc5c5ccccc45)c(-c4ccccc4-c4cc5ccccc5c5ccccc45)c3)c3ccccc23)cc1. The van der Waals surface area contributed by atoms with Crippen LogP contribution in [0, 0.1) is 0 Å². The quantitative estimate of drug-likeness (QED) is 0.116. The first-order valence-corrected chi connectivity index (χ1v) is 22.9. The van der Waals surface area contributed by atoms with E-state index in [9.17, 15) is 0 Å². The molecule has 0 aliphatic rings. The third-order valence-electron chi connectivity index (χ3n) is 13.9. The summed E-state index contributed by atoms with van der Waals surface area (Å²) in [6.45, 7) is 0. The third kappa shape index (κ3) is 6.07. The molecule has 13 rings (SSSR count). The number of rotatable bonds is 6. The molecule has 0 unspecified atom stereocenters. The highest BCUT2D eigenvalue weighted by Gasteiger charge is 2.22. The van der Waals surface area contributed by atoms with Crippen molar-refractivity contribution in [3.05, 3.63) is 255 Å². The summed E-state index contributed by atoms with van der Waals surface area (Å²) in [6, 6.07) is 94.4. The maximum Gasteiger partial charge on any atom is -0.00261 e. The van der Waals surface area contributed by atoms with Crippen LogP contribution in [0.1, 0.15) is 0 Å². The van der Waals surface area contributed by atoms with Crippen molar-refractivity contribution in [1.82, 2.24) is 0 Å². The fourth-order valence-corrected chi connectivity index (χ4v) is 11.0. The van der Waals surface area contributed by atoms with Crippen LogP contribution in [0.25, 0.3) is 131 Å². The zero-order valence-electron chi connectivity index (χ0n) is 36.2. The Bertz CT molecular complexity index is 3980. The van der Waals surface area contributed by atoms with Crippen molar-refractivity contribution in [2.75, 3.05) is 0 Å². The van der Waals surface area contributed by atoms with E-state index in [2.05, 4.69) is 255 Å². The van der Waals surface area contributed by atoms with Crippen LogP contribution >= 0.6 is 0 Å². The molecular weight excluding hydrogens is 793 g/mol. The highest BCUT2D eigenvalue weighted by Crippen LogP contribution is 2.49. The second-order valence-electron chi connectivity index (χ2n) is 17.4. The highest BCUT2D eigenvalue weighted by atomic mass is 14.3. The van der Waals surface area contributed by atoms with Gasteiger partial charge in [0.1, 0.15) is 0 Å². The van der Waals surface area contributed by atoms with Gasteiger partial charge in [-0.25, -0.2) is 0 Å². The first-order chi connectivity index (χ1) is 32.8. The lowest BCUT2D eigenvalue weighted by atomic mass is 9.81. The van der Waals surface area contributed by atoms with Gasteiger partial charge in [-0.2, -0.15) is 0 Å². The van der Waals surface area contributed by atoms with E-state index < -0.39 is 0 Å². The van der Waals surface area contributed by atoms with E-state index in [1.54, 1.807) is 0 Å². The molecule has 0 heteroatoms. The molecule has 0 aliphatic carbocycles. The molecule has 0 saturated heterocycles. The van der Waals surface area contributed by atoms with Crippen molar-refractivity contribution in [1.29, 1.82) is 0 Å². The fraction of sp³-hybridized carbons (Fsp3) is 0. The van der Waals surface area contributed by atoms with E-state index in [1.165, 1.54) is 131 Å². The van der Waals surface area contributed by atoms with Gasteiger partial charge in [-0.1, -0.05) is 237 Å². The van der Waals surface area contributed by atoms with Crippen LogP contribution in [0.15, 0.2) is 255 Å². The van der Waals surface area contributed by atoms with E-state index in [-0.39, 0.29) is 0 Å². The van der Waals surface area contributed by atoms with Crippen LogP contribution in [0.3, 0.4) is 0 Å². The molecule has 0 bridgehead atoms. The molecule has 0 nitrogen and oxygen atoms in total. The number of hydrogen-bond donors (Lipinski definition) is 0. The van der Waals surface area contributed by atoms with Crippen molar-refractivity contribution in [2.45, 2.75) is 0 Å². The standard InChI is InChI=1S/C66H42/c1-2-20-43(21-3-1)65-58-34-16-18-36-60(58)66(61-37-19-17-35-59(61)65)46-38-39-57(51-28-10-13-31-54(51)62-40-44-22-4-6-24-47(44)49-26-8-11-29-52(49)62)64(42-46)56-33-15-14-32-55(56)63-41-45-23-5-7-25-48(45)50-27-9-12-30-53(50)63/h1-42H. The second kappa shape index (κ2) is 15.6. The predicted molar refractivity (Wildman–Crippen MR) is 284 cm³/mol. The minimum atomic E-state index is 1.19. The minimum absolute atomic E-state index is 1.19. The Morgan fingerprint density at radius 2 is 0.470 bits per heavy atom. The molecule has 0 atom stereocenters. The third-order valence-corrected chi connectivity index (χ3v) is 13.9. The first kappa shape index (κ1) is 37.9. The summed E-state index contributed by atoms with van der Waals surface area (Å²) in [4.78, 5) is 0. The second-order valence-corrected chi connectivity index (χ2v) is 17.4. The predicted octanol–water partition coefficient (Wildman–Crippen LogP) is 18.6. The summed E-state index contributed by atoms with van der Waals surface area (Å²) >= 11 is 0. The van der Waals surface area contributed by atoms with Gasteiger partial charge in [0.2, 0.25) is 0 Å². The molecule has 0 heterocycles. The number of fused-ring (bicyclic) bond motifs is 8. The van der Waals surface area contributed by atoms with E-state index >= 15 is 0 Å². The smallest absolute Gasteiger partial charge is 0.00261 e. The lowest BCUT2D eigenvalue weighted by Gasteiger charge is -2.22. The molecule has 0 fully saturated rings. The summed E-state index contributed by atoms with van der Waals surface area (Å²) in [7, 11) is 0. The normalized spacial score (nSPS) is 11.6. The Hall–Kier alpha value is -8.58. The summed E-state index contributed by atoms with van der Waals surface area (Å²) in [5, 5.41) is 15.0. The Balaban J connectivity index is 1.13. The molecule has 13 aromatic carbocycles. The minimum Gasteiger partial charge on any atom is -0.0622 e. The first-order valence-electron chi connectivity index (χ1n) is 22.9. The summed E-state index contributed by atoms with van der Waals surface area (Å²) < 4.78 is 0. The van der Waals surface area contributed by atoms with Crippen LogP contribution in [-0.4, -0.2) is 0 Å². The van der Waals surface area contributed by atoms with Crippen molar-refractivity contribution in [3.8, 4) is 66.8 Å². The van der Waals surface area contributed by atoms with Gasteiger partial charge in [0.25, 0.3) is 0 Å². The lowest BCUT2D eigenvalue weighted by molar-refractivity contribution is 1.56. The van der Waals surface area contributed by atoms with E-state index in [1.807, 2.05) is 0 Å². The summed E-state index contributed by atoms with van der Waals surface area (Å²) in [6.07, 6.45) is 0. The Kier molecular flexibility index (Phi) is 8.96. The monoisotopic (exact) mass is 834 g/mol. The molecule has 66 heavy (non-hydrogen) atoms. The average Bonchev–Trinajstić information content (AvgIpc) is 3.40. The van der Waals surface area contributed by atoms with Crippen molar-refractivity contribution in [2.24, 2.45) is 0 Å². The van der Waals surface area contributed by atoms with Crippen LogP contribution < -0.4 is 0 Å². The van der Waals surface area contributed by atoms with Crippen LogP contribution in [0.2, 0.25) is 0 Å². The van der Waals surface area contributed by atoms with Crippen LogP contribution in [-0.2, 0) is 0 Å². The average molecular weight is 835 g/mol. The van der Waals surface area contributed by atoms with Crippen molar-refractivity contribution < 1.29 is 0 Å². The van der Waals surface area contributed by atoms with E-state index in [0.717, 1.165) is 0 Å². The molecule has 0 radical (unpaired) electrons. The largest absolute Gasteiger partial charge is 0.0622 e. The van der Waals surface area contributed by atoms with E-state index in [0.29, 0.717) is 0 Å². The van der Waals surface area contributed by atoms with Gasteiger partial charge in [0.15, 0.2) is 0 Å². The van der Waals surface area contributed by atoms with Crippen molar-refractivity contribution >= 4 is 64.6 Å². The van der Waals surface area contributed by atoms with Gasteiger partial charge in [-0.05, 0) is 150 Å². The number of hydrogen-bond acceptors (Lipinski definition) is 0. The molecule has 0 N–H and O–H groups in total. The molecule has 13 aromatic rings. The Labute approximate surface area is 384 Å². The topological polar surface area (TPSA) is 0 Å². The maximum atomic E-state index is 2.49. The highest BCUT2D eigenvalue weighted by molar-refractivity contribution is 6.22. The molecule has 0 aromatic heterocycles. The summed E-state index contributed by atoms with van der Waals surface area (Å²) in [5.41, 5.74) is 14.6. The molecule has 306 valence electrons. The van der Waals surface area contributed by atoms with E-state index in [4.69, 9.17) is 0 Å². The Morgan fingerprint density at radius 1 is 0.152 bits per heavy atom. The maximum absolute atomic E-state index is 2.49. The van der Waals surface area contributed by atoms with Gasteiger partial charge in [0.05, 0.1) is 0 Å².